The number of nitrogens with zero attached hydrogens (tertiary/aromatic N) is 2. The predicted molar refractivity (Wildman–Crippen MR) is 62.8 cm³/mol. The molecule has 0 radical (unpaired) electrons. The molecule has 3 nitrogen and oxygen atoms in total. The Morgan fingerprint density at radius 1 is 1.33 bits per heavy atom. The van der Waals surface area contributed by atoms with Gasteiger partial charge in [-0.25, -0.2) is 4.98 Å². The zero-order valence-electron chi connectivity index (χ0n) is 9.49. The summed E-state index contributed by atoms with van der Waals surface area (Å²) < 4.78 is 2.07. The molecule has 0 spiro atoms. The van der Waals surface area contributed by atoms with Crippen molar-refractivity contribution in [2.75, 3.05) is 5.73 Å². The first-order valence-electron chi connectivity index (χ1n) is 5.17. The summed E-state index contributed by atoms with van der Waals surface area (Å²) >= 11 is 0. The number of pyridine rings is 1. The topological polar surface area (TPSA) is 43.3 Å². The number of hydrogen-bond acceptors (Lipinski definition) is 2. The number of rotatable bonds is 1. The molecular formula is C12H17N3. The van der Waals surface area contributed by atoms with Crippen molar-refractivity contribution in [1.82, 2.24) is 9.38 Å². The highest BCUT2D eigenvalue weighted by Crippen LogP contribution is 2.21. The van der Waals surface area contributed by atoms with E-state index in [0.29, 0.717) is 0 Å². The van der Waals surface area contributed by atoms with Crippen molar-refractivity contribution < 1.29 is 0 Å². The van der Waals surface area contributed by atoms with Gasteiger partial charge in [-0.05, 0) is 17.5 Å². The summed E-state index contributed by atoms with van der Waals surface area (Å²) in [6, 6.07) is 3.90. The molecule has 0 aliphatic carbocycles. The molecule has 0 fully saturated rings. The minimum atomic E-state index is 0.242. The van der Waals surface area contributed by atoms with Gasteiger partial charge in [0, 0.05) is 18.3 Å². The molecule has 0 bridgehead atoms. The third-order valence-electron chi connectivity index (χ3n) is 2.32. The Bertz CT molecular complexity index is 477. The van der Waals surface area contributed by atoms with Gasteiger partial charge in [0.15, 0.2) is 0 Å². The fraction of sp³-hybridized carbons (Fsp3) is 0.417. The molecule has 0 saturated heterocycles. The minimum Gasteiger partial charge on any atom is -0.398 e. The fourth-order valence-electron chi connectivity index (χ4n) is 1.67. The van der Waals surface area contributed by atoms with Crippen molar-refractivity contribution in [3.63, 3.8) is 0 Å². The molecule has 0 aliphatic heterocycles. The van der Waals surface area contributed by atoms with E-state index in [0.717, 1.165) is 23.4 Å². The second kappa shape index (κ2) is 3.26. The zero-order chi connectivity index (χ0) is 11.1. The smallest absolute Gasteiger partial charge is 0.113 e. The van der Waals surface area contributed by atoms with Gasteiger partial charge in [-0.1, -0.05) is 20.8 Å². The summed E-state index contributed by atoms with van der Waals surface area (Å²) in [4.78, 5) is 4.43. The lowest BCUT2D eigenvalue weighted by molar-refractivity contribution is 0.400. The quantitative estimate of drug-likeness (QED) is 0.773. The number of imidazole rings is 1. The first kappa shape index (κ1) is 10.0. The van der Waals surface area contributed by atoms with Gasteiger partial charge >= 0.3 is 0 Å². The summed E-state index contributed by atoms with van der Waals surface area (Å²) in [5.74, 6) is 1.07. The molecule has 0 unspecified atom stereocenters. The van der Waals surface area contributed by atoms with Crippen LogP contribution in [-0.4, -0.2) is 9.38 Å². The van der Waals surface area contributed by atoms with Crippen molar-refractivity contribution in [2.45, 2.75) is 27.2 Å². The van der Waals surface area contributed by atoms with Gasteiger partial charge in [-0.2, -0.15) is 0 Å². The third-order valence-corrected chi connectivity index (χ3v) is 2.32. The van der Waals surface area contributed by atoms with E-state index in [-0.39, 0.29) is 5.41 Å². The first-order valence-corrected chi connectivity index (χ1v) is 5.17. The lowest BCUT2D eigenvalue weighted by atomic mass is 9.92. The average Bonchev–Trinajstić information content (AvgIpc) is 2.46. The molecule has 0 saturated carbocycles. The maximum Gasteiger partial charge on any atom is 0.113 e. The Morgan fingerprint density at radius 3 is 2.73 bits per heavy atom. The van der Waals surface area contributed by atoms with Crippen molar-refractivity contribution in [1.29, 1.82) is 0 Å². The second-order valence-electron chi connectivity index (χ2n) is 5.17. The molecule has 80 valence electrons. The maximum absolute atomic E-state index is 5.77. The van der Waals surface area contributed by atoms with E-state index in [9.17, 15) is 0 Å². The van der Waals surface area contributed by atoms with Gasteiger partial charge in [-0.15, -0.1) is 0 Å². The summed E-state index contributed by atoms with van der Waals surface area (Å²) in [5.41, 5.74) is 7.88. The Kier molecular flexibility index (Phi) is 2.18. The summed E-state index contributed by atoms with van der Waals surface area (Å²) in [6.07, 6.45) is 4.77. The molecule has 0 aromatic carbocycles. The molecule has 2 heterocycles. The van der Waals surface area contributed by atoms with E-state index < -0.39 is 0 Å². The van der Waals surface area contributed by atoms with E-state index in [1.54, 1.807) is 0 Å². The molecule has 2 rings (SSSR count). The lowest BCUT2D eigenvalue weighted by Gasteiger charge is -2.16. The van der Waals surface area contributed by atoms with E-state index in [2.05, 4.69) is 30.2 Å². The third kappa shape index (κ3) is 2.12. The van der Waals surface area contributed by atoms with Gasteiger partial charge in [0.2, 0.25) is 0 Å². The number of fused-ring (bicyclic) bond motifs is 1. The van der Waals surface area contributed by atoms with Gasteiger partial charge in [-0.3, -0.25) is 0 Å². The van der Waals surface area contributed by atoms with Crippen LogP contribution in [0.25, 0.3) is 5.52 Å². The van der Waals surface area contributed by atoms with Gasteiger partial charge < -0.3 is 10.1 Å². The molecule has 15 heavy (non-hydrogen) atoms. The predicted octanol–water partition coefficient (Wildman–Crippen LogP) is 2.51. The Balaban J connectivity index is 2.48. The van der Waals surface area contributed by atoms with E-state index >= 15 is 0 Å². The number of anilines is 1. The molecule has 0 atom stereocenters. The van der Waals surface area contributed by atoms with Crippen LogP contribution in [0, 0.1) is 5.41 Å². The summed E-state index contributed by atoms with van der Waals surface area (Å²) in [6.45, 7) is 6.63. The first-order chi connectivity index (χ1) is 6.96. The highest BCUT2D eigenvalue weighted by molar-refractivity contribution is 5.52. The van der Waals surface area contributed by atoms with Crippen molar-refractivity contribution in [3.8, 4) is 0 Å². The maximum atomic E-state index is 5.77. The molecule has 2 N–H and O–H groups in total. The summed E-state index contributed by atoms with van der Waals surface area (Å²) in [7, 11) is 0. The van der Waals surface area contributed by atoms with Gasteiger partial charge in [0.1, 0.15) is 5.82 Å². The van der Waals surface area contributed by atoms with Crippen LogP contribution in [0.5, 0.6) is 0 Å². The monoisotopic (exact) mass is 203 g/mol. The average molecular weight is 203 g/mol. The minimum absolute atomic E-state index is 0.242. The Morgan fingerprint density at radius 2 is 2.07 bits per heavy atom. The van der Waals surface area contributed by atoms with Crippen LogP contribution in [0.1, 0.15) is 26.6 Å². The van der Waals surface area contributed by atoms with Crippen LogP contribution >= 0.6 is 0 Å². The zero-order valence-corrected chi connectivity index (χ0v) is 9.49. The largest absolute Gasteiger partial charge is 0.398 e. The van der Waals surface area contributed by atoms with E-state index in [1.807, 2.05) is 24.5 Å². The molecule has 3 heteroatoms. The van der Waals surface area contributed by atoms with Crippen LogP contribution in [0.2, 0.25) is 0 Å². The standard InChI is InChI=1S/C12H17N3/c1-12(2,3)6-11-14-7-10-5-4-9(13)8-15(10)11/h4-5,7-8H,6,13H2,1-3H3. The van der Waals surface area contributed by atoms with E-state index in [4.69, 9.17) is 5.73 Å². The highest BCUT2D eigenvalue weighted by atomic mass is 15.0. The molecule has 0 amide bonds. The van der Waals surface area contributed by atoms with Crippen LogP contribution in [0.4, 0.5) is 5.69 Å². The highest BCUT2D eigenvalue weighted by Gasteiger charge is 2.14. The van der Waals surface area contributed by atoms with E-state index in [1.165, 1.54) is 0 Å². The SMILES string of the molecule is CC(C)(C)Cc1ncc2ccc(N)cn12. The van der Waals surface area contributed by atoms with Crippen LogP contribution < -0.4 is 5.73 Å². The number of nitrogens with two attached hydrogens (primary N) is 1. The number of aromatic nitrogens is 2. The normalized spacial score (nSPS) is 12.2. The second-order valence-corrected chi connectivity index (χ2v) is 5.17. The molecule has 0 aliphatic rings. The molecule has 2 aromatic rings. The van der Waals surface area contributed by atoms with Crippen molar-refractivity contribution in [2.24, 2.45) is 5.41 Å². The van der Waals surface area contributed by atoms with Crippen LogP contribution in [0.3, 0.4) is 0 Å². The van der Waals surface area contributed by atoms with Gasteiger partial charge in [0.05, 0.1) is 11.7 Å². The van der Waals surface area contributed by atoms with Crippen LogP contribution in [-0.2, 0) is 6.42 Å². The Labute approximate surface area is 89.9 Å². The summed E-state index contributed by atoms with van der Waals surface area (Å²) in [5, 5.41) is 0. The molecule has 2 aromatic heterocycles. The number of hydrogen-bond donors (Lipinski definition) is 1. The fourth-order valence-corrected chi connectivity index (χ4v) is 1.67. The van der Waals surface area contributed by atoms with Crippen LogP contribution in [0.15, 0.2) is 24.5 Å². The van der Waals surface area contributed by atoms with Gasteiger partial charge in [0.25, 0.3) is 0 Å². The lowest BCUT2D eigenvalue weighted by Crippen LogP contribution is -2.12. The molecular weight excluding hydrogens is 186 g/mol. The Hall–Kier alpha value is -1.51. The van der Waals surface area contributed by atoms with Crippen molar-refractivity contribution in [3.05, 3.63) is 30.4 Å². The van der Waals surface area contributed by atoms with Crippen molar-refractivity contribution >= 4 is 11.2 Å². The number of nitrogen functional groups attached to an aromatic ring is 1.